The first kappa shape index (κ1) is 31.2. The number of nitrogens with zero attached hydrogens (tertiary/aromatic N) is 3. The third kappa shape index (κ3) is 8.03. The summed E-state index contributed by atoms with van der Waals surface area (Å²) in [5.41, 5.74) is 1.94. The topological polar surface area (TPSA) is 76.1 Å². The third-order valence-corrected chi connectivity index (χ3v) is 9.78. The molecule has 0 unspecified atom stereocenters. The lowest BCUT2D eigenvalue weighted by atomic mass is 9.90. The van der Waals surface area contributed by atoms with Gasteiger partial charge in [0, 0.05) is 37.8 Å². The van der Waals surface area contributed by atoms with Crippen LogP contribution in [0.15, 0.2) is 42.5 Å². The number of carbonyl (C=O) groups is 2. The summed E-state index contributed by atoms with van der Waals surface area (Å²) < 4.78 is 13.2. The van der Waals surface area contributed by atoms with E-state index in [1.54, 1.807) is 12.1 Å². The summed E-state index contributed by atoms with van der Waals surface area (Å²) in [5, 5.41) is 13.7. The van der Waals surface area contributed by atoms with E-state index in [1.165, 1.54) is 17.7 Å². The molecular weight excluding hydrogens is 578 g/mol. The average molecular weight is 620 g/mol. The molecule has 0 aliphatic carbocycles. The van der Waals surface area contributed by atoms with Crippen molar-refractivity contribution >= 4 is 40.7 Å². The Morgan fingerprint density at radius 3 is 2.33 bits per heavy atom. The number of rotatable bonds is 9. The lowest BCUT2D eigenvalue weighted by molar-refractivity contribution is -0.136. The molecule has 3 saturated heterocycles. The highest BCUT2D eigenvalue weighted by Gasteiger charge is 2.35. The van der Waals surface area contributed by atoms with Crippen LogP contribution in [0.3, 0.4) is 0 Å². The molecule has 7 nitrogen and oxygen atoms in total. The zero-order valence-electron chi connectivity index (χ0n) is 24.0. The normalized spacial score (nSPS) is 22.4. The van der Waals surface area contributed by atoms with Gasteiger partial charge < -0.3 is 25.1 Å². The van der Waals surface area contributed by atoms with Crippen LogP contribution in [-0.4, -0.2) is 84.7 Å². The predicted octanol–water partition coefficient (Wildman–Crippen LogP) is 4.77. The van der Waals surface area contributed by atoms with Gasteiger partial charge in [-0.1, -0.05) is 35.3 Å². The molecule has 2 aromatic carbocycles. The van der Waals surface area contributed by atoms with Crippen LogP contribution in [0.5, 0.6) is 0 Å². The van der Waals surface area contributed by atoms with Crippen molar-refractivity contribution in [3.05, 3.63) is 63.9 Å². The summed E-state index contributed by atoms with van der Waals surface area (Å²) >= 11 is 12.5. The van der Waals surface area contributed by atoms with Gasteiger partial charge in [0.25, 0.3) is 0 Å². The van der Waals surface area contributed by atoms with Crippen LogP contribution < -0.4 is 10.2 Å². The van der Waals surface area contributed by atoms with Crippen LogP contribution in [0.2, 0.25) is 10.0 Å². The van der Waals surface area contributed by atoms with E-state index in [4.69, 9.17) is 23.2 Å². The van der Waals surface area contributed by atoms with E-state index in [0.717, 1.165) is 51.0 Å². The minimum atomic E-state index is -0.481. The zero-order chi connectivity index (χ0) is 29.6. The first-order valence-corrected chi connectivity index (χ1v) is 16.0. The molecule has 2 N–H and O–H groups in total. The monoisotopic (exact) mass is 618 g/mol. The highest BCUT2D eigenvalue weighted by Crippen LogP contribution is 2.30. The number of amides is 2. The first-order chi connectivity index (χ1) is 20.3. The lowest BCUT2D eigenvalue weighted by Crippen LogP contribution is -2.49. The van der Waals surface area contributed by atoms with E-state index in [9.17, 15) is 19.1 Å². The molecular formula is C32H41Cl2FN4O3. The number of aliphatic hydroxyl groups is 1. The Hall–Kier alpha value is -2.23. The molecule has 3 fully saturated rings. The van der Waals surface area contributed by atoms with E-state index in [-0.39, 0.29) is 29.6 Å². The van der Waals surface area contributed by atoms with Gasteiger partial charge in [-0.2, -0.15) is 0 Å². The van der Waals surface area contributed by atoms with Crippen molar-refractivity contribution in [1.29, 1.82) is 0 Å². The van der Waals surface area contributed by atoms with Crippen LogP contribution in [0.25, 0.3) is 0 Å². The minimum Gasteiger partial charge on any atom is -0.392 e. The second-order valence-corrected chi connectivity index (χ2v) is 12.8. The Morgan fingerprint density at radius 2 is 1.69 bits per heavy atom. The van der Waals surface area contributed by atoms with Crippen LogP contribution >= 0.6 is 23.2 Å². The van der Waals surface area contributed by atoms with Gasteiger partial charge in [-0.15, -0.1) is 0 Å². The van der Waals surface area contributed by atoms with Crippen molar-refractivity contribution in [2.45, 2.75) is 57.1 Å². The van der Waals surface area contributed by atoms with Gasteiger partial charge in [0.05, 0.1) is 22.2 Å². The second kappa shape index (κ2) is 14.5. The molecule has 2 atom stereocenters. The molecule has 2 aromatic rings. The molecule has 0 bridgehead atoms. The van der Waals surface area contributed by atoms with Gasteiger partial charge >= 0.3 is 0 Å². The first-order valence-electron chi connectivity index (χ1n) is 15.2. The fourth-order valence-corrected chi connectivity index (χ4v) is 6.82. The maximum absolute atomic E-state index is 13.9. The Morgan fingerprint density at radius 1 is 0.976 bits per heavy atom. The van der Waals surface area contributed by atoms with Gasteiger partial charge in [0.2, 0.25) is 11.8 Å². The number of anilines is 1. The van der Waals surface area contributed by atoms with Gasteiger partial charge in [0.15, 0.2) is 0 Å². The van der Waals surface area contributed by atoms with Gasteiger partial charge in [0.1, 0.15) is 5.82 Å². The summed E-state index contributed by atoms with van der Waals surface area (Å²) in [6.45, 7) is 5.03. The largest absolute Gasteiger partial charge is 0.392 e. The van der Waals surface area contributed by atoms with Crippen molar-refractivity contribution in [3.63, 3.8) is 0 Å². The van der Waals surface area contributed by atoms with E-state index in [2.05, 4.69) is 10.2 Å². The minimum absolute atomic E-state index is 0.0141. The van der Waals surface area contributed by atoms with Crippen molar-refractivity contribution < 1.29 is 19.1 Å². The molecule has 0 aromatic heterocycles. The average Bonchev–Trinajstić information content (AvgIpc) is 3.44. The van der Waals surface area contributed by atoms with Gasteiger partial charge in [-0.25, -0.2) is 4.39 Å². The highest BCUT2D eigenvalue weighted by atomic mass is 35.5. The SMILES string of the molecule is O=C([C@@H]1C[C@@H](O)CN1)N1CCC(C(=O)N(CCCN2CCC(Cc3ccc(F)cc3)CC2)c2ccc(Cl)c(Cl)c2)CC1. The Labute approximate surface area is 257 Å². The number of piperidine rings is 2. The number of hydrogen-bond acceptors (Lipinski definition) is 5. The smallest absolute Gasteiger partial charge is 0.239 e. The van der Waals surface area contributed by atoms with Crippen molar-refractivity contribution in [3.8, 4) is 0 Å². The van der Waals surface area contributed by atoms with Crippen molar-refractivity contribution in [2.24, 2.45) is 11.8 Å². The van der Waals surface area contributed by atoms with Gasteiger partial charge in [-0.3, -0.25) is 9.59 Å². The number of nitrogens with one attached hydrogen (secondary N) is 1. The maximum Gasteiger partial charge on any atom is 0.239 e. The molecule has 2 amide bonds. The number of likely N-dealkylation sites (tertiary alicyclic amines) is 2. The standard InChI is InChI=1S/C32H41Cl2FN4O3/c33-28-7-6-26(19-29(28)34)39(31(41)24-10-16-38(17-11-24)32(42)30-20-27(40)21-36-30)13-1-12-37-14-8-23(9-15-37)18-22-2-4-25(35)5-3-22/h2-7,19,23-24,27,30,36,40H,1,8-18,20-21H2/t27-,30+/m1/s1. The van der Waals surface area contributed by atoms with Crippen molar-refractivity contribution in [2.75, 3.05) is 50.7 Å². The van der Waals surface area contributed by atoms with Crippen LogP contribution in [0.4, 0.5) is 10.1 Å². The molecule has 10 heteroatoms. The van der Waals surface area contributed by atoms with E-state index >= 15 is 0 Å². The fourth-order valence-electron chi connectivity index (χ4n) is 6.53. The molecule has 0 radical (unpaired) electrons. The molecule has 42 heavy (non-hydrogen) atoms. The number of benzene rings is 2. The summed E-state index contributed by atoms with van der Waals surface area (Å²) in [4.78, 5) is 32.9. The number of carbonyl (C=O) groups excluding carboxylic acids is 2. The van der Waals surface area contributed by atoms with E-state index in [0.29, 0.717) is 61.4 Å². The quantitative estimate of drug-likeness (QED) is 0.423. The number of hydrogen-bond donors (Lipinski definition) is 2. The zero-order valence-corrected chi connectivity index (χ0v) is 25.5. The Kier molecular flexibility index (Phi) is 10.8. The van der Waals surface area contributed by atoms with Crippen LogP contribution in [0, 0.1) is 17.7 Å². The third-order valence-electron chi connectivity index (χ3n) is 9.04. The second-order valence-electron chi connectivity index (χ2n) is 12.0. The number of β-amino-alcohol motifs (C(OH)–C–C–N with tert-alkyl or cyclic N) is 1. The molecule has 0 spiro atoms. The van der Waals surface area contributed by atoms with Gasteiger partial charge in [-0.05, 0) is 106 Å². The summed E-state index contributed by atoms with van der Waals surface area (Å²) in [6.07, 6.45) is 5.22. The Balaban J connectivity index is 1.13. The molecule has 3 aliphatic heterocycles. The van der Waals surface area contributed by atoms with E-state index in [1.807, 2.05) is 28.0 Å². The highest BCUT2D eigenvalue weighted by molar-refractivity contribution is 6.42. The number of aliphatic hydroxyl groups excluding tert-OH is 1. The summed E-state index contributed by atoms with van der Waals surface area (Å²) in [7, 11) is 0. The summed E-state index contributed by atoms with van der Waals surface area (Å²) in [6, 6.07) is 11.8. The molecule has 3 aliphatic rings. The predicted molar refractivity (Wildman–Crippen MR) is 164 cm³/mol. The lowest BCUT2D eigenvalue weighted by Gasteiger charge is -2.36. The van der Waals surface area contributed by atoms with Crippen LogP contribution in [-0.2, 0) is 16.0 Å². The Bertz CT molecular complexity index is 1220. The fraction of sp³-hybridized carbons (Fsp3) is 0.562. The van der Waals surface area contributed by atoms with Crippen molar-refractivity contribution in [1.82, 2.24) is 15.1 Å². The molecule has 5 rings (SSSR count). The molecule has 228 valence electrons. The van der Waals surface area contributed by atoms with E-state index < -0.39 is 6.10 Å². The van der Waals surface area contributed by atoms with Crippen LogP contribution in [0.1, 0.15) is 44.1 Å². The number of halogens is 3. The summed E-state index contributed by atoms with van der Waals surface area (Å²) in [5.74, 6) is 0.315. The molecule has 0 saturated carbocycles. The molecule has 3 heterocycles. The maximum atomic E-state index is 13.9.